The Labute approximate surface area is 126 Å². The smallest absolute Gasteiger partial charge is 0.0323 e. The molecular weight excluding hydrogens is 262 g/mol. The minimum absolute atomic E-state index is 0.446. The van der Waals surface area contributed by atoms with Crippen LogP contribution in [0, 0.1) is 0 Å². The molecule has 2 rings (SSSR count). The second-order valence-corrected chi connectivity index (χ2v) is 5.86. The number of hydrogen-bond acceptors (Lipinski definition) is 2. The lowest BCUT2D eigenvalue weighted by Crippen LogP contribution is -2.20. The van der Waals surface area contributed by atoms with Crippen molar-refractivity contribution in [2.45, 2.75) is 37.2 Å². The second kappa shape index (κ2) is 8.13. The molecule has 1 nitrogen and oxygen atoms in total. The fourth-order valence-electron chi connectivity index (χ4n) is 2.35. The lowest BCUT2D eigenvalue weighted by atomic mass is 10.0. The van der Waals surface area contributed by atoms with Crippen LogP contribution in [-0.4, -0.2) is 6.26 Å². The molecule has 1 atom stereocenters. The molecule has 1 unspecified atom stereocenters. The Morgan fingerprint density at radius 1 is 1.00 bits per heavy atom. The molecule has 20 heavy (non-hydrogen) atoms. The van der Waals surface area contributed by atoms with Crippen molar-refractivity contribution < 1.29 is 0 Å². The van der Waals surface area contributed by atoms with Crippen molar-refractivity contribution in [2.24, 2.45) is 0 Å². The highest BCUT2D eigenvalue weighted by Crippen LogP contribution is 2.19. The van der Waals surface area contributed by atoms with E-state index in [4.69, 9.17) is 0 Å². The molecule has 0 spiro atoms. The highest BCUT2D eigenvalue weighted by molar-refractivity contribution is 7.98. The van der Waals surface area contributed by atoms with Crippen LogP contribution in [0.15, 0.2) is 59.5 Å². The normalized spacial score (nSPS) is 12.3. The number of thioether (sulfide) groups is 1. The molecule has 0 fully saturated rings. The van der Waals surface area contributed by atoms with Crippen LogP contribution in [0.4, 0.5) is 0 Å². The molecule has 0 bridgehead atoms. The molecule has 106 valence electrons. The van der Waals surface area contributed by atoms with Crippen LogP contribution in [0.2, 0.25) is 0 Å². The lowest BCUT2D eigenvalue weighted by Gasteiger charge is -2.18. The van der Waals surface area contributed by atoms with Gasteiger partial charge in [-0.15, -0.1) is 11.8 Å². The Balaban J connectivity index is 1.98. The highest BCUT2D eigenvalue weighted by Gasteiger charge is 2.09. The van der Waals surface area contributed by atoms with E-state index < -0.39 is 0 Å². The summed E-state index contributed by atoms with van der Waals surface area (Å²) in [5.74, 6) is 0. The number of benzene rings is 2. The lowest BCUT2D eigenvalue weighted by molar-refractivity contribution is 0.493. The quantitative estimate of drug-likeness (QED) is 0.715. The first-order valence-electron chi connectivity index (χ1n) is 7.24. The van der Waals surface area contributed by atoms with Crippen LogP contribution in [0.25, 0.3) is 0 Å². The number of nitrogens with one attached hydrogen (secondary N) is 1. The average Bonchev–Trinajstić information content (AvgIpc) is 2.53. The third-order valence-corrected chi connectivity index (χ3v) is 4.23. The van der Waals surface area contributed by atoms with Gasteiger partial charge in [0.1, 0.15) is 0 Å². The van der Waals surface area contributed by atoms with Gasteiger partial charge in [0, 0.05) is 17.5 Å². The van der Waals surface area contributed by atoms with Crippen molar-refractivity contribution in [1.29, 1.82) is 0 Å². The van der Waals surface area contributed by atoms with E-state index in [0.717, 1.165) is 6.54 Å². The van der Waals surface area contributed by atoms with Gasteiger partial charge < -0.3 is 5.32 Å². The largest absolute Gasteiger partial charge is 0.306 e. The zero-order valence-electron chi connectivity index (χ0n) is 12.3. The molecule has 0 saturated carbocycles. The molecule has 2 aromatic carbocycles. The fourth-order valence-corrected chi connectivity index (χ4v) is 2.75. The molecule has 0 saturated heterocycles. The van der Waals surface area contributed by atoms with E-state index in [0.29, 0.717) is 6.04 Å². The molecule has 0 aliphatic heterocycles. The van der Waals surface area contributed by atoms with E-state index in [2.05, 4.69) is 73.1 Å². The Kier molecular flexibility index (Phi) is 6.16. The van der Waals surface area contributed by atoms with Crippen molar-refractivity contribution in [3.8, 4) is 0 Å². The van der Waals surface area contributed by atoms with Gasteiger partial charge in [-0.25, -0.2) is 0 Å². The molecule has 0 aliphatic rings. The van der Waals surface area contributed by atoms with E-state index in [9.17, 15) is 0 Å². The maximum absolute atomic E-state index is 3.68. The van der Waals surface area contributed by atoms with Crippen molar-refractivity contribution in [2.75, 3.05) is 6.26 Å². The highest BCUT2D eigenvalue weighted by atomic mass is 32.2. The first kappa shape index (κ1) is 15.1. The summed E-state index contributed by atoms with van der Waals surface area (Å²) < 4.78 is 0. The van der Waals surface area contributed by atoms with Crippen LogP contribution < -0.4 is 5.32 Å². The van der Waals surface area contributed by atoms with Crippen molar-refractivity contribution >= 4 is 11.8 Å². The van der Waals surface area contributed by atoms with E-state index in [1.165, 1.54) is 28.9 Å². The molecule has 0 aromatic heterocycles. The predicted molar refractivity (Wildman–Crippen MR) is 89.2 cm³/mol. The van der Waals surface area contributed by atoms with Crippen molar-refractivity contribution in [3.63, 3.8) is 0 Å². The summed E-state index contributed by atoms with van der Waals surface area (Å²) in [5.41, 5.74) is 2.73. The predicted octanol–water partition coefficient (Wildman–Crippen LogP) is 5.04. The summed E-state index contributed by atoms with van der Waals surface area (Å²) >= 11 is 1.79. The fraction of sp³-hybridized carbons (Fsp3) is 0.333. The van der Waals surface area contributed by atoms with Crippen molar-refractivity contribution in [3.05, 3.63) is 65.7 Å². The standard InChI is InChI=1S/C18H23NS/c1-3-7-18(16-8-5-4-6-9-16)19-14-15-10-12-17(20-2)13-11-15/h4-6,8-13,18-19H,3,7,14H2,1-2H3. The number of hydrogen-bond donors (Lipinski definition) is 1. The minimum atomic E-state index is 0.446. The molecule has 2 heteroatoms. The summed E-state index contributed by atoms with van der Waals surface area (Å²) in [7, 11) is 0. The maximum atomic E-state index is 3.68. The maximum Gasteiger partial charge on any atom is 0.0323 e. The molecule has 1 N–H and O–H groups in total. The van der Waals surface area contributed by atoms with Gasteiger partial charge in [0.05, 0.1) is 0 Å². The van der Waals surface area contributed by atoms with Crippen LogP contribution >= 0.6 is 11.8 Å². The SMILES string of the molecule is CCCC(NCc1ccc(SC)cc1)c1ccccc1. The summed E-state index contributed by atoms with van der Waals surface area (Å²) in [4.78, 5) is 1.32. The summed E-state index contributed by atoms with van der Waals surface area (Å²) in [6.07, 6.45) is 4.48. The van der Waals surface area contributed by atoms with Gasteiger partial charge >= 0.3 is 0 Å². The van der Waals surface area contributed by atoms with Gasteiger partial charge in [0.15, 0.2) is 0 Å². The molecule has 0 radical (unpaired) electrons. The van der Waals surface area contributed by atoms with Crippen LogP contribution in [0.5, 0.6) is 0 Å². The van der Waals surface area contributed by atoms with Crippen LogP contribution in [-0.2, 0) is 6.54 Å². The first-order chi connectivity index (χ1) is 9.83. The van der Waals surface area contributed by atoms with E-state index in [1.807, 2.05) is 0 Å². The molecular formula is C18H23NS. The van der Waals surface area contributed by atoms with Gasteiger partial charge in [0.2, 0.25) is 0 Å². The Bertz CT molecular complexity index is 493. The van der Waals surface area contributed by atoms with Gasteiger partial charge in [-0.2, -0.15) is 0 Å². The van der Waals surface area contributed by atoms with E-state index in [1.54, 1.807) is 11.8 Å². The monoisotopic (exact) mass is 285 g/mol. The summed E-state index contributed by atoms with van der Waals surface area (Å²) in [6.45, 7) is 3.17. The van der Waals surface area contributed by atoms with Gasteiger partial charge in [0.25, 0.3) is 0 Å². The summed E-state index contributed by atoms with van der Waals surface area (Å²) in [6, 6.07) is 20.0. The third-order valence-electron chi connectivity index (χ3n) is 3.49. The van der Waals surface area contributed by atoms with Gasteiger partial charge in [-0.05, 0) is 35.9 Å². The van der Waals surface area contributed by atoms with Gasteiger partial charge in [-0.1, -0.05) is 55.8 Å². The average molecular weight is 285 g/mol. The topological polar surface area (TPSA) is 12.0 Å². The van der Waals surface area contributed by atoms with E-state index in [-0.39, 0.29) is 0 Å². The van der Waals surface area contributed by atoms with Gasteiger partial charge in [-0.3, -0.25) is 0 Å². The molecule has 0 aliphatic carbocycles. The molecule has 2 aromatic rings. The zero-order chi connectivity index (χ0) is 14.2. The van der Waals surface area contributed by atoms with Crippen LogP contribution in [0.3, 0.4) is 0 Å². The second-order valence-electron chi connectivity index (χ2n) is 4.98. The Hall–Kier alpha value is -1.25. The Morgan fingerprint density at radius 3 is 2.30 bits per heavy atom. The third kappa shape index (κ3) is 4.39. The first-order valence-corrected chi connectivity index (χ1v) is 8.47. The van der Waals surface area contributed by atoms with Crippen molar-refractivity contribution in [1.82, 2.24) is 5.32 Å². The minimum Gasteiger partial charge on any atom is -0.306 e. The summed E-state index contributed by atoms with van der Waals surface area (Å²) in [5, 5.41) is 3.68. The molecule has 0 amide bonds. The zero-order valence-corrected chi connectivity index (χ0v) is 13.1. The Morgan fingerprint density at radius 2 is 1.70 bits per heavy atom. The number of rotatable bonds is 7. The van der Waals surface area contributed by atoms with Crippen LogP contribution in [0.1, 0.15) is 36.9 Å². The molecule has 0 heterocycles. The van der Waals surface area contributed by atoms with E-state index >= 15 is 0 Å².